The van der Waals surface area contributed by atoms with E-state index in [1.54, 1.807) is 6.20 Å². The van der Waals surface area contributed by atoms with Crippen molar-refractivity contribution in [3.63, 3.8) is 0 Å². The van der Waals surface area contributed by atoms with Gasteiger partial charge in [-0.25, -0.2) is 4.98 Å². The molecule has 5 nitrogen and oxygen atoms in total. The summed E-state index contributed by atoms with van der Waals surface area (Å²) >= 11 is 1.45. The van der Waals surface area contributed by atoms with Gasteiger partial charge < -0.3 is 14.6 Å². The third-order valence-corrected chi connectivity index (χ3v) is 5.26. The molecule has 2 heterocycles. The summed E-state index contributed by atoms with van der Waals surface area (Å²) in [5.74, 6) is 0.580. The van der Waals surface area contributed by atoms with Crippen LogP contribution in [0, 0.1) is 0 Å². The second-order valence-electron chi connectivity index (χ2n) is 5.99. The molecule has 1 aromatic heterocycles. The van der Waals surface area contributed by atoms with Crippen LogP contribution in [0.3, 0.4) is 0 Å². The van der Waals surface area contributed by atoms with Gasteiger partial charge in [0.25, 0.3) is 0 Å². The topological polar surface area (TPSA) is 58.4 Å². The van der Waals surface area contributed by atoms with Crippen LogP contribution in [0.25, 0.3) is 0 Å². The molecule has 1 saturated heterocycles. The Hall–Kier alpha value is -1.79. The maximum Gasteiger partial charge on any atom is 0.233 e. The van der Waals surface area contributed by atoms with Crippen LogP contribution in [0.1, 0.15) is 30.5 Å². The highest BCUT2D eigenvalue weighted by Crippen LogP contribution is 2.21. The summed E-state index contributed by atoms with van der Waals surface area (Å²) in [6.07, 6.45) is 5.12. The first-order chi connectivity index (χ1) is 11.8. The number of aliphatic hydroxyl groups excluding tert-OH is 1. The number of hydrogen-bond donors (Lipinski definition) is 1. The van der Waals surface area contributed by atoms with Crippen molar-refractivity contribution in [3.05, 3.63) is 47.8 Å². The molecule has 128 valence electrons. The van der Waals surface area contributed by atoms with Gasteiger partial charge in [-0.3, -0.25) is 4.79 Å². The number of aromatic nitrogens is 2. The second-order valence-corrected chi connectivity index (χ2v) is 6.93. The lowest BCUT2D eigenvalue weighted by molar-refractivity contribution is -0.129. The zero-order valence-electron chi connectivity index (χ0n) is 13.7. The fourth-order valence-electron chi connectivity index (χ4n) is 2.93. The first kappa shape index (κ1) is 17.0. The molecule has 1 aliphatic heterocycles. The normalized spacial score (nSPS) is 14.8. The maximum absolute atomic E-state index is 12.3. The lowest BCUT2D eigenvalue weighted by atomic mass is 10.1. The van der Waals surface area contributed by atoms with Crippen LogP contribution < -0.4 is 0 Å². The zero-order chi connectivity index (χ0) is 16.8. The number of carbonyl (C=O) groups is 1. The Bertz CT molecular complexity index is 666. The van der Waals surface area contributed by atoms with E-state index in [1.807, 2.05) is 27.7 Å². The van der Waals surface area contributed by atoms with Crippen molar-refractivity contribution in [1.82, 2.24) is 14.5 Å². The summed E-state index contributed by atoms with van der Waals surface area (Å²) in [5, 5.41) is 10.3. The van der Waals surface area contributed by atoms with Gasteiger partial charge in [-0.2, -0.15) is 0 Å². The number of amides is 1. The number of hydrogen-bond acceptors (Lipinski definition) is 4. The Kier molecular flexibility index (Phi) is 5.93. The lowest BCUT2D eigenvalue weighted by Crippen LogP contribution is -2.36. The minimum atomic E-state index is -0.0551. The van der Waals surface area contributed by atoms with Crippen LogP contribution >= 0.6 is 11.8 Å². The van der Waals surface area contributed by atoms with E-state index in [2.05, 4.69) is 17.1 Å². The van der Waals surface area contributed by atoms with Gasteiger partial charge in [-0.15, -0.1) is 0 Å². The van der Waals surface area contributed by atoms with E-state index in [4.69, 9.17) is 0 Å². The van der Waals surface area contributed by atoms with E-state index in [0.29, 0.717) is 12.3 Å². The molecule has 0 spiro atoms. The molecule has 6 heteroatoms. The standard InChI is InChI=1S/C18H23N3O2S/c22-13-16-11-19-18(21(16)12-15-7-3-1-4-8-15)24-14-17(23)20-9-5-2-6-10-20/h1,3-4,7-8,11,22H,2,5-6,9-10,12-14H2. The van der Waals surface area contributed by atoms with Crippen molar-refractivity contribution >= 4 is 17.7 Å². The van der Waals surface area contributed by atoms with Crippen molar-refractivity contribution in [3.8, 4) is 0 Å². The highest BCUT2D eigenvalue weighted by atomic mass is 32.2. The first-order valence-corrected chi connectivity index (χ1v) is 9.36. The van der Waals surface area contributed by atoms with Crippen molar-refractivity contribution in [2.75, 3.05) is 18.8 Å². The quantitative estimate of drug-likeness (QED) is 0.818. The van der Waals surface area contributed by atoms with Crippen molar-refractivity contribution in [2.24, 2.45) is 0 Å². The number of likely N-dealkylation sites (tertiary alicyclic amines) is 1. The predicted molar refractivity (Wildman–Crippen MR) is 94.8 cm³/mol. The van der Waals surface area contributed by atoms with Gasteiger partial charge in [0.15, 0.2) is 5.16 Å². The Morgan fingerprint density at radius 1 is 1.17 bits per heavy atom. The first-order valence-electron chi connectivity index (χ1n) is 8.37. The summed E-state index contributed by atoms with van der Waals surface area (Å²) in [6, 6.07) is 10.1. The molecule has 1 amide bonds. The molecule has 1 fully saturated rings. The second kappa shape index (κ2) is 8.35. The zero-order valence-corrected chi connectivity index (χ0v) is 14.5. The molecule has 1 N–H and O–H groups in total. The van der Waals surface area contributed by atoms with E-state index in [1.165, 1.54) is 18.2 Å². The Labute approximate surface area is 146 Å². The molecule has 0 unspecified atom stereocenters. The molecule has 0 bridgehead atoms. The average molecular weight is 345 g/mol. The van der Waals surface area contributed by atoms with Gasteiger partial charge >= 0.3 is 0 Å². The van der Waals surface area contributed by atoms with Gasteiger partial charge in [-0.1, -0.05) is 42.1 Å². The fourth-order valence-corrected chi connectivity index (χ4v) is 3.83. The van der Waals surface area contributed by atoms with Gasteiger partial charge in [0.2, 0.25) is 5.91 Å². The van der Waals surface area contributed by atoms with Crippen molar-refractivity contribution < 1.29 is 9.90 Å². The smallest absolute Gasteiger partial charge is 0.233 e. The van der Waals surface area contributed by atoms with E-state index in [-0.39, 0.29) is 12.5 Å². The summed E-state index contributed by atoms with van der Waals surface area (Å²) < 4.78 is 1.99. The number of imidazole rings is 1. The van der Waals surface area contributed by atoms with E-state index in [0.717, 1.165) is 42.3 Å². The Morgan fingerprint density at radius 2 is 1.92 bits per heavy atom. The van der Waals surface area contributed by atoms with E-state index in [9.17, 15) is 9.90 Å². The monoisotopic (exact) mass is 345 g/mol. The SMILES string of the molecule is O=C(CSc1ncc(CO)n1Cc1ccccc1)N1CCCCC1. The Balaban J connectivity index is 1.66. The molecule has 3 rings (SSSR count). The van der Waals surface area contributed by atoms with Crippen LogP contribution in [0.15, 0.2) is 41.7 Å². The average Bonchev–Trinajstić information content (AvgIpc) is 3.03. The number of piperidine rings is 1. The highest BCUT2D eigenvalue weighted by molar-refractivity contribution is 7.99. The molecule has 1 aromatic carbocycles. The number of carbonyl (C=O) groups excluding carboxylic acids is 1. The van der Waals surface area contributed by atoms with Crippen LogP contribution in [0.4, 0.5) is 0 Å². The van der Waals surface area contributed by atoms with Gasteiger partial charge in [0, 0.05) is 19.6 Å². The van der Waals surface area contributed by atoms with Crippen LogP contribution in [0.2, 0.25) is 0 Å². The predicted octanol–water partition coefficient (Wildman–Crippen LogP) is 2.53. The summed E-state index contributed by atoms with van der Waals surface area (Å²) in [7, 11) is 0. The van der Waals surface area contributed by atoms with E-state index < -0.39 is 0 Å². The molecule has 0 aliphatic carbocycles. The van der Waals surface area contributed by atoms with E-state index >= 15 is 0 Å². The summed E-state index contributed by atoms with van der Waals surface area (Å²) in [5.41, 5.74) is 1.92. The number of rotatable bonds is 6. The number of thioether (sulfide) groups is 1. The van der Waals surface area contributed by atoms with Gasteiger partial charge in [0.05, 0.1) is 24.3 Å². The van der Waals surface area contributed by atoms with Crippen LogP contribution in [-0.2, 0) is 17.9 Å². The third-order valence-electron chi connectivity index (χ3n) is 4.28. The maximum atomic E-state index is 12.3. The Morgan fingerprint density at radius 3 is 2.62 bits per heavy atom. The fraction of sp³-hybridized carbons (Fsp3) is 0.444. The minimum absolute atomic E-state index is 0.0551. The number of nitrogens with zero attached hydrogens (tertiary/aromatic N) is 3. The third kappa shape index (κ3) is 4.19. The van der Waals surface area contributed by atoms with Gasteiger partial charge in [0.1, 0.15) is 0 Å². The van der Waals surface area contributed by atoms with Crippen LogP contribution in [-0.4, -0.2) is 44.3 Å². The molecular weight excluding hydrogens is 322 g/mol. The largest absolute Gasteiger partial charge is 0.390 e. The minimum Gasteiger partial charge on any atom is -0.390 e. The summed E-state index contributed by atoms with van der Waals surface area (Å²) in [4.78, 5) is 18.7. The molecule has 24 heavy (non-hydrogen) atoms. The van der Waals surface area contributed by atoms with Crippen molar-refractivity contribution in [1.29, 1.82) is 0 Å². The number of benzene rings is 1. The highest BCUT2D eigenvalue weighted by Gasteiger charge is 2.18. The van der Waals surface area contributed by atoms with Gasteiger partial charge in [-0.05, 0) is 24.8 Å². The van der Waals surface area contributed by atoms with Crippen LogP contribution in [0.5, 0.6) is 0 Å². The lowest BCUT2D eigenvalue weighted by Gasteiger charge is -2.26. The molecular formula is C18H23N3O2S. The number of aliphatic hydroxyl groups is 1. The molecule has 1 aliphatic rings. The molecule has 2 aromatic rings. The molecule has 0 atom stereocenters. The summed E-state index contributed by atoms with van der Waals surface area (Å²) in [6.45, 7) is 2.34. The molecule has 0 radical (unpaired) electrons. The van der Waals surface area contributed by atoms with Crippen molar-refractivity contribution in [2.45, 2.75) is 37.6 Å². The molecule has 0 saturated carbocycles.